The zero-order chi connectivity index (χ0) is 11.3. The Morgan fingerprint density at radius 2 is 2.00 bits per heavy atom. The number of carbonyl (C=O) groups excluding carboxylic acids is 1. The molecular formula is C12H16ClNO. The number of aryl methyl sites for hydroxylation is 1. The summed E-state index contributed by atoms with van der Waals surface area (Å²) in [4.78, 5) is 10.8. The molecule has 0 saturated carbocycles. The van der Waals surface area contributed by atoms with Crippen molar-refractivity contribution < 1.29 is 4.79 Å². The lowest BCUT2D eigenvalue weighted by molar-refractivity contribution is 0.108. The molecule has 3 heteroatoms. The van der Waals surface area contributed by atoms with Crippen molar-refractivity contribution in [2.24, 2.45) is 5.73 Å². The quantitative estimate of drug-likeness (QED) is 0.784. The van der Waals surface area contributed by atoms with E-state index in [1.165, 1.54) is 5.56 Å². The molecule has 2 nitrogen and oxygen atoms in total. The molecule has 0 fully saturated rings. The van der Waals surface area contributed by atoms with Gasteiger partial charge in [0.1, 0.15) is 0 Å². The van der Waals surface area contributed by atoms with Crippen molar-refractivity contribution in [3.8, 4) is 0 Å². The van der Waals surface area contributed by atoms with Gasteiger partial charge in [-0.05, 0) is 48.6 Å². The molecule has 0 spiro atoms. The molecule has 0 radical (unpaired) electrons. The zero-order valence-corrected chi connectivity index (χ0v) is 9.63. The highest BCUT2D eigenvalue weighted by Gasteiger charge is 2.03. The minimum Gasteiger partial charge on any atom is -0.328 e. The number of benzene rings is 1. The third-order valence-electron chi connectivity index (χ3n) is 2.51. The van der Waals surface area contributed by atoms with Gasteiger partial charge in [-0.3, -0.25) is 4.79 Å². The minimum atomic E-state index is -0.410. The maximum atomic E-state index is 10.8. The first kappa shape index (κ1) is 12.2. The van der Waals surface area contributed by atoms with Crippen LogP contribution in [0, 0.1) is 0 Å². The van der Waals surface area contributed by atoms with Crippen LogP contribution in [0.1, 0.15) is 35.7 Å². The Hall–Kier alpha value is -0.860. The van der Waals surface area contributed by atoms with Crippen LogP contribution < -0.4 is 5.73 Å². The first-order valence-electron chi connectivity index (χ1n) is 5.17. The zero-order valence-electron chi connectivity index (χ0n) is 8.87. The molecule has 1 aromatic carbocycles. The summed E-state index contributed by atoms with van der Waals surface area (Å²) >= 11 is 5.35. The summed E-state index contributed by atoms with van der Waals surface area (Å²) in [5.41, 5.74) is 7.56. The van der Waals surface area contributed by atoms with E-state index in [-0.39, 0.29) is 6.04 Å². The summed E-state index contributed by atoms with van der Waals surface area (Å²) in [6, 6.07) is 7.62. The van der Waals surface area contributed by atoms with E-state index in [2.05, 4.69) is 6.92 Å². The standard InChI is InChI=1S/C12H16ClNO/c1-2-11(14)8-5-9-3-6-10(7-4-9)12(13)15/h3-4,6-7,11H,2,5,8,14H2,1H3/t11-/m0/s1. The second-order valence-electron chi connectivity index (χ2n) is 3.68. The highest BCUT2D eigenvalue weighted by molar-refractivity contribution is 6.67. The van der Waals surface area contributed by atoms with E-state index in [1.807, 2.05) is 12.1 Å². The Balaban J connectivity index is 2.53. The van der Waals surface area contributed by atoms with Gasteiger partial charge in [0.05, 0.1) is 0 Å². The summed E-state index contributed by atoms with van der Waals surface area (Å²) in [5, 5.41) is -0.410. The summed E-state index contributed by atoms with van der Waals surface area (Å²) in [5.74, 6) is 0. The molecular weight excluding hydrogens is 210 g/mol. The number of halogens is 1. The fourth-order valence-corrected chi connectivity index (χ4v) is 1.48. The van der Waals surface area contributed by atoms with Crippen LogP contribution in [-0.4, -0.2) is 11.3 Å². The van der Waals surface area contributed by atoms with Crippen molar-refractivity contribution in [1.29, 1.82) is 0 Å². The van der Waals surface area contributed by atoms with Gasteiger partial charge in [-0.15, -0.1) is 0 Å². The topological polar surface area (TPSA) is 43.1 Å². The predicted molar refractivity (Wildman–Crippen MR) is 63.2 cm³/mol. The Bertz CT molecular complexity index is 321. The van der Waals surface area contributed by atoms with Crippen LogP contribution in [0.5, 0.6) is 0 Å². The van der Waals surface area contributed by atoms with E-state index in [0.717, 1.165) is 19.3 Å². The van der Waals surface area contributed by atoms with E-state index >= 15 is 0 Å². The van der Waals surface area contributed by atoms with Crippen LogP contribution in [0.4, 0.5) is 0 Å². The number of hydrogen-bond acceptors (Lipinski definition) is 2. The number of carbonyl (C=O) groups is 1. The second kappa shape index (κ2) is 5.89. The molecule has 0 aliphatic heterocycles. The van der Waals surface area contributed by atoms with Crippen LogP contribution in [0.2, 0.25) is 0 Å². The third kappa shape index (κ3) is 4.02. The van der Waals surface area contributed by atoms with E-state index in [1.54, 1.807) is 12.1 Å². The Kier molecular flexibility index (Phi) is 4.79. The van der Waals surface area contributed by atoms with Crippen molar-refractivity contribution in [3.63, 3.8) is 0 Å². The Morgan fingerprint density at radius 3 is 2.47 bits per heavy atom. The van der Waals surface area contributed by atoms with E-state index < -0.39 is 5.24 Å². The van der Waals surface area contributed by atoms with Gasteiger partial charge in [-0.25, -0.2) is 0 Å². The van der Waals surface area contributed by atoms with E-state index in [9.17, 15) is 4.79 Å². The first-order chi connectivity index (χ1) is 7.13. The van der Waals surface area contributed by atoms with Gasteiger partial charge in [-0.2, -0.15) is 0 Å². The first-order valence-corrected chi connectivity index (χ1v) is 5.55. The summed E-state index contributed by atoms with van der Waals surface area (Å²) in [6.45, 7) is 2.08. The summed E-state index contributed by atoms with van der Waals surface area (Å²) < 4.78 is 0. The van der Waals surface area contributed by atoms with Gasteiger partial charge in [-0.1, -0.05) is 19.1 Å². The van der Waals surface area contributed by atoms with Crippen LogP contribution in [0.25, 0.3) is 0 Å². The highest BCUT2D eigenvalue weighted by Crippen LogP contribution is 2.10. The van der Waals surface area contributed by atoms with E-state index in [4.69, 9.17) is 17.3 Å². The maximum absolute atomic E-state index is 10.8. The molecule has 1 rings (SSSR count). The predicted octanol–water partition coefficient (Wildman–Crippen LogP) is 2.74. The molecule has 0 saturated heterocycles. The monoisotopic (exact) mass is 225 g/mol. The Morgan fingerprint density at radius 1 is 1.40 bits per heavy atom. The Labute approximate surface area is 95.4 Å². The molecule has 0 aromatic heterocycles. The molecule has 1 aromatic rings. The van der Waals surface area contributed by atoms with Gasteiger partial charge in [0, 0.05) is 11.6 Å². The van der Waals surface area contributed by atoms with Crippen LogP contribution >= 0.6 is 11.6 Å². The molecule has 0 aliphatic rings. The molecule has 0 aliphatic carbocycles. The van der Waals surface area contributed by atoms with Crippen LogP contribution in [0.3, 0.4) is 0 Å². The molecule has 0 heterocycles. The van der Waals surface area contributed by atoms with Gasteiger partial charge in [0.2, 0.25) is 0 Å². The largest absolute Gasteiger partial charge is 0.328 e. The fourth-order valence-electron chi connectivity index (χ4n) is 1.36. The smallest absolute Gasteiger partial charge is 0.252 e. The molecule has 0 bridgehead atoms. The summed E-state index contributed by atoms with van der Waals surface area (Å²) in [6.07, 6.45) is 2.93. The third-order valence-corrected chi connectivity index (χ3v) is 2.73. The second-order valence-corrected chi connectivity index (χ2v) is 4.02. The number of nitrogens with two attached hydrogens (primary N) is 1. The average Bonchev–Trinajstić information content (AvgIpc) is 2.26. The molecule has 1 atom stereocenters. The van der Waals surface area contributed by atoms with Crippen molar-refractivity contribution >= 4 is 16.8 Å². The highest BCUT2D eigenvalue weighted by atomic mass is 35.5. The molecule has 0 amide bonds. The lowest BCUT2D eigenvalue weighted by atomic mass is 10.0. The van der Waals surface area contributed by atoms with Crippen LogP contribution in [0.15, 0.2) is 24.3 Å². The molecule has 82 valence electrons. The normalized spacial score (nSPS) is 12.5. The van der Waals surface area contributed by atoms with Gasteiger partial charge in [0.25, 0.3) is 5.24 Å². The molecule has 2 N–H and O–H groups in total. The van der Waals surface area contributed by atoms with Crippen molar-refractivity contribution in [2.45, 2.75) is 32.2 Å². The maximum Gasteiger partial charge on any atom is 0.252 e. The number of rotatable bonds is 5. The SMILES string of the molecule is CC[C@H](N)CCc1ccc(C(=O)Cl)cc1. The van der Waals surface area contributed by atoms with E-state index in [0.29, 0.717) is 5.56 Å². The molecule has 15 heavy (non-hydrogen) atoms. The summed E-state index contributed by atoms with van der Waals surface area (Å²) in [7, 11) is 0. The van der Waals surface area contributed by atoms with Crippen LogP contribution in [-0.2, 0) is 6.42 Å². The van der Waals surface area contributed by atoms with Crippen molar-refractivity contribution in [2.75, 3.05) is 0 Å². The van der Waals surface area contributed by atoms with Crippen molar-refractivity contribution in [3.05, 3.63) is 35.4 Å². The van der Waals surface area contributed by atoms with Gasteiger partial charge in [0.15, 0.2) is 0 Å². The lowest BCUT2D eigenvalue weighted by Gasteiger charge is -2.08. The number of hydrogen-bond donors (Lipinski definition) is 1. The molecule has 0 unspecified atom stereocenters. The van der Waals surface area contributed by atoms with Gasteiger partial charge < -0.3 is 5.73 Å². The van der Waals surface area contributed by atoms with Crippen molar-refractivity contribution in [1.82, 2.24) is 0 Å². The minimum absolute atomic E-state index is 0.263. The average molecular weight is 226 g/mol. The fraction of sp³-hybridized carbons (Fsp3) is 0.417. The van der Waals surface area contributed by atoms with Gasteiger partial charge >= 0.3 is 0 Å². The lowest BCUT2D eigenvalue weighted by Crippen LogP contribution is -2.19.